The number of aromatic nitrogens is 2. The number of anilines is 2. The normalized spacial score (nSPS) is 10.4. The van der Waals surface area contributed by atoms with E-state index < -0.39 is 0 Å². The zero-order valence-electron chi connectivity index (χ0n) is 13.3. The summed E-state index contributed by atoms with van der Waals surface area (Å²) in [4.78, 5) is 19.9. The molecule has 1 aromatic heterocycles. The molecule has 1 rings (SSSR count). The number of amides is 1. The number of aryl methyl sites for hydroxylation is 1. The molecule has 1 amide bonds. The fourth-order valence-electron chi connectivity index (χ4n) is 1.96. The van der Waals surface area contributed by atoms with E-state index in [1.807, 2.05) is 6.92 Å². The van der Waals surface area contributed by atoms with Crippen LogP contribution in [0.1, 0.15) is 50.9 Å². The van der Waals surface area contributed by atoms with Crippen molar-refractivity contribution < 1.29 is 4.79 Å². The van der Waals surface area contributed by atoms with E-state index in [0.717, 1.165) is 48.8 Å². The first-order chi connectivity index (χ1) is 10.1. The maximum absolute atomic E-state index is 10.7. The van der Waals surface area contributed by atoms with Gasteiger partial charge in [-0.3, -0.25) is 4.79 Å². The van der Waals surface area contributed by atoms with E-state index in [9.17, 15) is 4.79 Å². The second-order valence-corrected chi connectivity index (χ2v) is 5.14. The van der Waals surface area contributed by atoms with Gasteiger partial charge in [0.1, 0.15) is 17.5 Å². The van der Waals surface area contributed by atoms with Crippen LogP contribution in [0.5, 0.6) is 0 Å². The van der Waals surface area contributed by atoms with E-state index in [1.54, 1.807) is 0 Å². The number of rotatable bonds is 10. The average Bonchev–Trinajstić information content (AvgIpc) is 2.44. The van der Waals surface area contributed by atoms with Gasteiger partial charge in [-0.2, -0.15) is 0 Å². The molecule has 118 valence electrons. The van der Waals surface area contributed by atoms with E-state index in [2.05, 4.69) is 34.4 Å². The Hall–Kier alpha value is -1.85. The Balaban J connectivity index is 2.78. The van der Waals surface area contributed by atoms with Crippen molar-refractivity contribution in [1.29, 1.82) is 0 Å². The van der Waals surface area contributed by atoms with Crippen molar-refractivity contribution in [3.05, 3.63) is 11.4 Å². The van der Waals surface area contributed by atoms with Crippen LogP contribution >= 0.6 is 0 Å². The zero-order chi connectivity index (χ0) is 15.7. The van der Waals surface area contributed by atoms with Gasteiger partial charge in [-0.05, 0) is 26.2 Å². The fraction of sp³-hybridized carbons (Fsp3) is 0.667. The summed E-state index contributed by atoms with van der Waals surface area (Å²) in [6.07, 6.45) is 4.02. The predicted octanol–water partition coefficient (Wildman–Crippen LogP) is 2.24. The molecule has 0 saturated carbocycles. The number of carbonyl (C=O) groups is 1. The van der Waals surface area contributed by atoms with Crippen LogP contribution in [0.3, 0.4) is 0 Å². The van der Waals surface area contributed by atoms with Crippen molar-refractivity contribution in [3.63, 3.8) is 0 Å². The van der Waals surface area contributed by atoms with Crippen LogP contribution < -0.4 is 16.4 Å². The first-order valence-corrected chi connectivity index (χ1v) is 7.72. The molecular weight excluding hydrogens is 266 g/mol. The van der Waals surface area contributed by atoms with Crippen LogP contribution in [-0.4, -0.2) is 29.0 Å². The third kappa shape index (κ3) is 5.97. The minimum absolute atomic E-state index is 0.270. The first kappa shape index (κ1) is 17.2. The zero-order valence-corrected chi connectivity index (χ0v) is 13.3. The second kappa shape index (κ2) is 9.15. The molecule has 0 aromatic carbocycles. The predicted molar refractivity (Wildman–Crippen MR) is 86.5 cm³/mol. The maximum atomic E-state index is 10.7. The lowest BCUT2D eigenvalue weighted by molar-refractivity contribution is -0.118. The Morgan fingerprint density at radius 2 is 1.71 bits per heavy atom. The molecule has 0 fully saturated rings. The summed E-state index contributed by atoms with van der Waals surface area (Å²) in [5, 5.41) is 6.63. The van der Waals surface area contributed by atoms with E-state index in [4.69, 9.17) is 5.73 Å². The Kier molecular flexibility index (Phi) is 7.50. The maximum Gasteiger partial charge on any atom is 0.217 e. The van der Waals surface area contributed by atoms with E-state index in [0.29, 0.717) is 19.4 Å². The first-order valence-electron chi connectivity index (χ1n) is 7.72. The molecule has 0 radical (unpaired) electrons. The van der Waals surface area contributed by atoms with Crippen LogP contribution in [0, 0.1) is 6.92 Å². The molecule has 0 aliphatic heterocycles. The van der Waals surface area contributed by atoms with Gasteiger partial charge in [-0.1, -0.05) is 13.8 Å². The molecule has 6 heteroatoms. The van der Waals surface area contributed by atoms with E-state index in [1.165, 1.54) is 0 Å². The fourth-order valence-corrected chi connectivity index (χ4v) is 1.96. The minimum Gasteiger partial charge on any atom is -0.370 e. The van der Waals surface area contributed by atoms with E-state index in [-0.39, 0.29) is 5.91 Å². The van der Waals surface area contributed by atoms with Gasteiger partial charge >= 0.3 is 0 Å². The summed E-state index contributed by atoms with van der Waals surface area (Å²) in [5.74, 6) is 2.32. The van der Waals surface area contributed by atoms with Gasteiger partial charge in [-0.25, -0.2) is 9.97 Å². The second-order valence-electron chi connectivity index (χ2n) is 5.14. The van der Waals surface area contributed by atoms with Crippen LogP contribution in [-0.2, 0) is 11.2 Å². The Labute approximate surface area is 126 Å². The number of nitrogens with zero attached hydrogens (tertiary/aromatic N) is 2. The number of hydrogen-bond donors (Lipinski definition) is 3. The van der Waals surface area contributed by atoms with Crippen molar-refractivity contribution in [2.24, 2.45) is 5.73 Å². The topological polar surface area (TPSA) is 92.9 Å². The van der Waals surface area contributed by atoms with Gasteiger partial charge in [0.2, 0.25) is 5.91 Å². The van der Waals surface area contributed by atoms with E-state index >= 15 is 0 Å². The van der Waals surface area contributed by atoms with Crippen molar-refractivity contribution >= 4 is 17.5 Å². The van der Waals surface area contributed by atoms with Crippen molar-refractivity contribution in [2.45, 2.75) is 52.9 Å². The molecule has 0 unspecified atom stereocenters. The third-order valence-electron chi connectivity index (χ3n) is 3.10. The summed E-state index contributed by atoms with van der Waals surface area (Å²) >= 11 is 0. The standard InChI is InChI=1S/C15H27N5O/c1-4-7-13-19-14(17-9-5-2)11(3)15(20-13)18-10-6-8-12(16)21/h4-10H2,1-3H3,(H2,16,21)(H2,17,18,19,20). The monoisotopic (exact) mass is 293 g/mol. The highest BCUT2D eigenvalue weighted by Gasteiger charge is 2.10. The van der Waals surface area contributed by atoms with Gasteiger partial charge in [-0.15, -0.1) is 0 Å². The molecule has 0 bridgehead atoms. The van der Waals surface area contributed by atoms with Crippen LogP contribution in [0.4, 0.5) is 11.6 Å². The van der Waals surface area contributed by atoms with Gasteiger partial charge in [0.15, 0.2) is 0 Å². The lowest BCUT2D eigenvalue weighted by Crippen LogP contribution is -2.15. The van der Waals surface area contributed by atoms with Gasteiger partial charge in [0.25, 0.3) is 0 Å². The molecule has 21 heavy (non-hydrogen) atoms. The smallest absolute Gasteiger partial charge is 0.217 e. The molecule has 0 spiro atoms. The van der Waals surface area contributed by atoms with Gasteiger partial charge in [0.05, 0.1) is 0 Å². The number of nitrogens with one attached hydrogen (secondary N) is 2. The summed E-state index contributed by atoms with van der Waals surface area (Å²) < 4.78 is 0. The average molecular weight is 293 g/mol. The van der Waals surface area contributed by atoms with Gasteiger partial charge < -0.3 is 16.4 Å². The van der Waals surface area contributed by atoms with Crippen LogP contribution in [0.15, 0.2) is 0 Å². The van der Waals surface area contributed by atoms with Crippen molar-refractivity contribution in [1.82, 2.24) is 9.97 Å². The summed E-state index contributed by atoms with van der Waals surface area (Å²) in [6, 6.07) is 0. The molecular formula is C15H27N5O. The largest absolute Gasteiger partial charge is 0.370 e. The molecule has 6 nitrogen and oxygen atoms in total. The molecule has 0 aliphatic rings. The Morgan fingerprint density at radius 3 is 2.24 bits per heavy atom. The Morgan fingerprint density at radius 1 is 1.10 bits per heavy atom. The highest BCUT2D eigenvalue weighted by Crippen LogP contribution is 2.20. The van der Waals surface area contributed by atoms with Crippen molar-refractivity contribution in [3.8, 4) is 0 Å². The van der Waals surface area contributed by atoms with Crippen molar-refractivity contribution in [2.75, 3.05) is 23.7 Å². The number of carbonyl (C=O) groups excluding carboxylic acids is 1. The molecule has 0 saturated heterocycles. The molecule has 0 atom stereocenters. The molecule has 1 aromatic rings. The summed E-state index contributed by atoms with van der Waals surface area (Å²) in [6.45, 7) is 7.82. The third-order valence-corrected chi connectivity index (χ3v) is 3.10. The quantitative estimate of drug-likeness (QED) is 0.575. The Bertz CT molecular complexity index is 462. The van der Waals surface area contributed by atoms with Crippen LogP contribution in [0.25, 0.3) is 0 Å². The molecule has 0 aliphatic carbocycles. The highest BCUT2D eigenvalue weighted by molar-refractivity contribution is 5.73. The molecule has 4 N–H and O–H groups in total. The number of hydrogen-bond acceptors (Lipinski definition) is 5. The summed E-state index contributed by atoms with van der Waals surface area (Å²) in [5.41, 5.74) is 6.16. The lowest BCUT2D eigenvalue weighted by atomic mass is 10.2. The number of nitrogens with two attached hydrogens (primary N) is 1. The minimum atomic E-state index is -0.270. The van der Waals surface area contributed by atoms with Crippen LogP contribution in [0.2, 0.25) is 0 Å². The molecule has 1 heterocycles. The lowest BCUT2D eigenvalue weighted by Gasteiger charge is -2.14. The highest BCUT2D eigenvalue weighted by atomic mass is 16.1. The SMILES string of the molecule is CCCNc1nc(CCC)nc(NCCCC(N)=O)c1C. The number of primary amides is 1. The summed E-state index contributed by atoms with van der Waals surface area (Å²) in [7, 11) is 0. The van der Waals surface area contributed by atoms with Gasteiger partial charge in [0, 0.05) is 31.5 Å².